The smallest absolute Gasteiger partial charge is 0.308 e. The van der Waals surface area contributed by atoms with Crippen molar-refractivity contribution >= 4 is 11.9 Å². The van der Waals surface area contributed by atoms with Gasteiger partial charge in [-0.1, -0.05) is 0 Å². The van der Waals surface area contributed by atoms with E-state index in [2.05, 4.69) is 0 Å². The molecule has 0 aromatic heterocycles. The molecule has 5 heteroatoms. The van der Waals surface area contributed by atoms with Gasteiger partial charge in [0.25, 0.3) is 0 Å². The Balaban J connectivity index is 2.08. The first-order valence-electron chi connectivity index (χ1n) is 5.65. The number of aliphatic carboxylic acids is 1. The molecule has 2 rings (SSSR count). The zero-order valence-corrected chi connectivity index (χ0v) is 9.39. The van der Waals surface area contributed by atoms with Gasteiger partial charge in [0.2, 0.25) is 5.91 Å². The first-order chi connectivity index (χ1) is 7.59. The van der Waals surface area contributed by atoms with Gasteiger partial charge >= 0.3 is 5.97 Å². The summed E-state index contributed by atoms with van der Waals surface area (Å²) in [5, 5.41) is 9.16. The van der Waals surface area contributed by atoms with Gasteiger partial charge in [0.1, 0.15) is 0 Å². The lowest BCUT2D eigenvalue weighted by atomic mass is 9.83. The van der Waals surface area contributed by atoms with E-state index in [1.54, 1.807) is 4.90 Å². The van der Waals surface area contributed by atoms with Gasteiger partial charge < -0.3 is 14.7 Å². The summed E-state index contributed by atoms with van der Waals surface area (Å²) in [6.45, 7) is 3.77. The van der Waals surface area contributed by atoms with Crippen LogP contribution in [0.2, 0.25) is 0 Å². The fourth-order valence-corrected chi connectivity index (χ4v) is 2.72. The predicted octanol–water partition coefficient (Wildman–Crippen LogP) is 0.202. The highest BCUT2D eigenvalue weighted by molar-refractivity contribution is 5.77. The number of ether oxygens (including phenoxy) is 1. The quantitative estimate of drug-likeness (QED) is 0.732. The predicted molar refractivity (Wildman–Crippen MR) is 55.8 cm³/mol. The average Bonchev–Trinajstić information content (AvgIpc) is 2.86. The van der Waals surface area contributed by atoms with Crippen molar-refractivity contribution in [1.82, 2.24) is 4.90 Å². The number of amides is 1. The van der Waals surface area contributed by atoms with Crippen molar-refractivity contribution in [2.45, 2.75) is 13.3 Å². The van der Waals surface area contributed by atoms with Crippen LogP contribution in [0, 0.1) is 17.8 Å². The summed E-state index contributed by atoms with van der Waals surface area (Å²) in [7, 11) is 0. The van der Waals surface area contributed by atoms with E-state index in [9.17, 15) is 9.59 Å². The normalized spacial score (nSPS) is 34.3. The third-order valence-electron chi connectivity index (χ3n) is 3.70. The van der Waals surface area contributed by atoms with Crippen molar-refractivity contribution in [3.8, 4) is 0 Å². The van der Waals surface area contributed by atoms with Gasteiger partial charge in [0.15, 0.2) is 0 Å². The average molecular weight is 227 g/mol. The number of carbonyl (C=O) groups excluding carboxylic acids is 1. The Labute approximate surface area is 94.4 Å². The Bertz CT molecular complexity index is 298. The molecule has 2 saturated heterocycles. The monoisotopic (exact) mass is 227 g/mol. The molecule has 0 aromatic rings. The topological polar surface area (TPSA) is 66.8 Å². The number of carboxylic acids is 1. The molecule has 0 aliphatic carbocycles. The van der Waals surface area contributed by atoms with Gasteiger partial charge in [-0.15, -0.1) is 0 Å². The van der Waals surface area contributed by atoms with Crippen LogP contribution in [0.5, 0.6) is 0 Å². The second-order valence-electron chi connectivity index (χ2n) is 4.66. The fourth-order valence-electron chi connectivity index (χ4n) is 2.72. The standard InChI is InChI=1S/C11H17NO4/c1-7(13)12-4-9(8-2-3-16-6-8)10(5-12)11(14)15/h8-10H,2-6H2,1H3,(H,14,15)/t8?,9-,10+/m0/s1. The Morgan fingerprint density at radius 3 is 2.62 bits per heavy atom. The molecule has 2 heterocycles. The van der Waals surface area contributed by atoms with E-state index in [4.69, 9.17) is 9.84 Å². The van der Waals surface area contributed by atoms with Crippen molar-refractivity contribution in [3.05, 3.63) is 0 Å². The summed E-state index contributed by atoms with van der Waals surface area (Å²) in [4.78, 5) is 24.1. The minimum absolute atomic E-state index is 0.0346. The van der Waals surface area contributed by atoms with Gasteiger partial charge in [0, 0.05) is 33.2 Å². The van der Waals surface area contributed by atoms with Crippen LogP contribution < -0.4 is 0 Å². The molecule has 0 bridgehead atoms. The van der Waals surface area contributed by atoms with Crippen LogP contribution in [0.4, 0.5) is 0 Å². The summed E-state index contributed by atoms with van der Waals surface area (Å²) >= 11 is 0. The van der Waals surface area contributed by atoms with Crippen molar-refractivity contribution in [2.24, 2.45) is 17.8 Å². The molecule has 0 radical (unpaired) electrons. The zero-order valence-electron chi connectivity index (χ0n) is 9.39. The molecule has 1 amide bonds. The SMILES string of the molecule is CC(=O)N1C[C@@H](C(=O)O)[C@H](C2CCOC2)C1. The van der Waals surface area contributed by atoms with Crippen LogP contribution in [0.3, 0.4) is 0 Å². The molecule has 2 aliphatic heterocycles. The lowest BCUT2D eigenvalue weighted by Crippen LogP contribution is -2.28. The maximum atomic E-state index is 11.3. The van der Waals surface area contributed by atoms with E-state index in [1.165, 1.54) is 6.92 Å². The molecule has 2 aliphatic rings. The lowest BCUT2D eigenvalue weighted by molar-refractivity contribution is -0.143. The summed E-state index contributed by atoms with van der Waals surface area (Å²) in [6, 6.07) is 0. The number of hydrogen-bond acceptors (Lipinski definition) is 3. The van der Waals surface area contributed by atoms with E-state index < -0.39 is 11.9 Å². The molecule has 16 heavy (non-hydrogen) atoms. The van der Waals surface area contributed by atoms with Gasteiger partial charge in [-0.2, -0.15) is 0 Å². The van der Waals surface area contributed by atoms with Crippen LogP contribution in [0.1, 0.15) is 13.3 Å². The lowest BCUT2D eigenvalue weighted by Gasteiger charge is -2.20. The number of carbonyl (C=O) groups is 2. The molecule has 3 atom stereocenters. The van der Waals surface area contributed by atoms with E-state index in [0.717, 1.165) is 6.42 Å². The minimum Gasteiger partial charge on any atom is -0.481 e. The number of carboxylic acid groups (broad SMARTS) is 1. The summed E-state index contributed by atoms with van der Waals surface area (Å²) in [5.74, 6) is -0.890. The second kappa shape index (κ2) is 4.41. The fraction of sp³-hybridized carbons (Fsp3) is 0.818. The van der Waals surface area contributed by atoms with Crippen molar-refractivity contribution in [1.29, 1.82) is 0 Å². The van der Waals surface area contributed by atoms with Crippen LogP contribution >= 0.6 is 0 Å². The molecule has 0 aromatic carbocycles. The zero-order chi connectivity index (χ0) is 11.7. The van der Waals surface area contributed by atoms with Crippen LogP contribution in [-0.4, -0.2) is 48.2 Å². The molecule has 2 fully saturated rings. The van der Waals surface area contributed by atoms with E-state index in [-0.39, 0.29) is 11.8 Å². The summed E-state index contributed by atoms with van der Waals surface area (Å²) < 4.78 is 5.30. The van der Waals surface area contributed by atoms with Gasteiger partial charge in [-0.3, -0.25) is 9.59 Å². The molecule has 5 nitrogen and oxygen atoms in total. The Morgan fingerprint density at radius 1 is 1.38 bits per heavy atom. The van der Waals surface area contributed by atoms with Gasteiger partial charge in [-0.25, -0.2) is 0 Å². The maximum absolute atomic E-state index is 11.3. The number of hydrogen-bond donors (Lipinski definition) is 1. The molecule has 0 spiro atoms. The Morgan fingerprint density at radius 2 is 2.12 bits per heavy atom. The Hall–Kier alpha value is -1.10. The van der Waals surface area contributed by atoms with Crippen LogP contribution in [-0.2, 0) is 14.3 Å². The third kappa shape index (κ3) is 2.04. The molecule has 1 N–H and O–H groups in total. The maximum Gasteiger partial charge on any atom is 0.308 e. The van der Waals surface area contributed by atoms with Crippen molar-refractivity contribution in [3.63, 3.8) is 0 Å². The number of nitrogens with zero attached hydrogens (tertiary/aromatic N) is 1. The van der Waals surface area contributed by atoms with Crippen molar-refractivity contribution in [2.75, 3.05) is 26.3 Å². The van der Waals surface area contributed by atoms with Crippen molar-refractivity contribution < 1.29 is 19.4 Å². The van der Waals surface area contributed by atoms with Crippen LogP contribution in [0.25, 0.3) is 0 Å². The summed E-state index contributed by atoms with van der Waals surface area (Å²) in [6.07, 6.45) is 0.917. The Kier molecular flexibility index (Phi) is 3.14. The highest BCUT2D eigenvalue weighted by Crippen LogP contribution is 2.34. The molecule has 90 valence electrons. The third-order valence-corrected chi connectivity index (χ3v) is 3.70. The van der Waals surface area contributed by atoms with Crippen LogP contribution in [0.15, 0.2) is 0 Å². The van der Waals surface area contributed by atoms with Gasteiger partial charge in [-0.05, 0) is 18.3 Å². The first kappa shape index (κ1) is 11.4. The highest BCUT2D eigenvalue weighted by atomic mass is 16.5. The summed E-state index contributed by atoms with van der Waals surface area (Å²) in [5.41, 5.74) is 0. The van der Waals surface area contributed by atoms with Gasteiger partial charge in [0.05, 0.1) is 5.92 Å². The molecular weight excluding hydrogens is 210 g/mol. The number of rotatable bonds is 2. The molecule has 1 unspecified atom stereocenters. The molecular formula is C11H17NO4. The second-order valence-corrected chi connectivity index (χ2v) is 4.66. The molecule has 0 saturated carbocycles. The van der Waals surface area contributed by atoms with E-state index in [1.807, 2.05) is 0 Å². The number of likely N-dealkylation sites (tertiary alicyclic amines) is 1. The first-order valence-corrected chi connectivity index (χ1v) is 5.65. The highest BCUT2D eigenvalue weighted by Gasteiger charge is 2.43. The minimum atomic E-state index is -0.791. The van der Waals surface area contributed by atoms with E-state index >= 15 is 0 Å². The largest absolute Gasteiger partial charge is 0.481 e. The van der Waals surface area contributed by atoms with E-state index in [0.29, 0.717) is 32.2 Å².